The van der Waals surface area contributed by atoms with Crippen LogP contribution in [0.3, 0.4) is 0 Å². The predicted molar refractivity (Wildman–Crippen MR) is 126 cm³/mol. The molecule has 1 aliphatic heterocycles. The third-order valence-corrected chi connectivity index (χ3v) is 5.74. The van der Waals surface area contributed by atoms with Crippen molar-refractivity contribution in [2.45, 2.75) is 20.3 Å². The van der Waals surface area contributed by atoms with Crippen molar-refractivity contribution in [1.82, 2.24) is 0 Å². The molecule has 2 amide bonds. The summed E-state index contributed by atoms with van der Waals surface area (Å²) in [6.07, 6.45) is 0.917. The summed E-state index contributed by atoms with van der Waals surface area (Å²) in [7, 11) is 0. The van der Waals surface area contributed by atoms with Crippen LogP contribution in [-0.2, 0) is 16.0 Å². The van der Waals surface area contributed by atoms with Crippen LogP contribution in [0, 0.1) is 6.92 Å². The second-order valence-corrected chi connectivity index (χ2v) is 8.18. The number of halogens is 2. The molecule has 0 spiro atoms. The summed E-state index contributed by atoms with van der Waals surface area (Å²) in [5, 5.41) is 4.27. The van der Waals surface area contributed by atoms with Gasteiger partial charge >= 0.3 is 0 Å². The summed E-state index contributed by atoms with van der Waals surface area (Å²) in [4.78, 5) is 28.1. The van der Waals surface area contributed by atoms with Crippen molar-refractivity contribution in [3.05, 3.63) is 99.2 Å². The molecule has 0 saturated carbocycles. The molecule has 4 rings (SSSR count). The topological polar surface area (TPSA) is 49.4 Å². The summed E-state index contributed by atoms with van der Waals surface area (Å²) >= 11 is 12.1. The van der Waals surface area contributed by atoms with Crippen molar-refractivity contribution >= 4 is 52.0 Å². The first-order valence-corrected chi connectivity index (χ1v) is 10.7. The van der Waals surface area contributed by atoms with Crippen molar-refractivity contribution in [3.63, 3.8) is 0 Å². The number of aryl methyl sites for hydroxylation is 2. The Kier molecular flexibility index (Phi) is 5.86. The number of carbonyl (C=O) groups excluding carboxylic acids is 2. The van der Waals surface area contributed by atoms with Gasteiger partial charge in [-0.25, -0.2) is 4.90 Å². The van der Waals surface area contributed by atoms with Crippen molar-refractivity contribution in [2.75, 3.05) is 10.2 Å². The Labute approximate surface area is 191 Å². The fourth-order valence-electron chi connectivity index (χ4n) is 3.59. The van der Waals surface area contributed by atoms with E-state index < -0.39 is 11.8 Å². The van der Waals surface area contributed by atoms with Gasteiger partial charge in [0.25, 0.3) is 11.8 Å². The predicted octanol–water partition coefficient (Wildman–Crippen LogP) is 6.26. The van der Waals surface area contributed by atoms with Gasteiger partial charge in [0.15, 0.2) is 0 Å². The number of rotatable bonds is 5. The first kappa shape index (κ1) is 21.2. The maximum absolute atomic E-state index is 13.5. The van der Waals surface area contributed by atoms with Crippen LogP contribution in [0.5, 0.6) is 0 Å². The zero-order valence-electron chi connectivity index (χ0n) is 17.1. The molecule has 0 fully saturated rings. The van der Waals surface area contributed by atoms with E-state index in [0.29, 0.717) is 26.9 Å². The highest BCUT2D eigenvalue weighted by Crippen LogP contribution is 2.36. The van der Waals surface area contributed by atoms with Crippen molar-refractivity contribution < 1.29 is 9.59 Å². The van der Waals surface area contributed by atoms with Crippen LogP contribution in [-0.4, -0.2) is 11.8 Å². The zero-order valence-corrected chi connectivity index (χ0v) is 18.6. The lowest BCUT2D eigenvalue weighted by molar-refractivity contribution is -0.120. The molecule has 0 radical (unpaired) electrons. The van der Waals surface area contributed by atoms with Crippen LogP contribution in [0.4, 0.5) is 11.4 Å². The van der Waals surface area contributed by atoms with Crippen molar-refractivity contribution in [1.29, 1.82) is 0 Å². The molecule has 3 aromatic rings. The Morgan fingerprint density at radius 3 is 2.10 bits per heavy atom. The zero-order chi connectivity index (χ0) is 22.1. The van der Waals surface area contributed by atoms with Gasteiger partial charge in [0, 0.05) is 15.7 Å². The van der Waals surface area contributed by atoms with Gasteiger partial charge in [-0.3, -0.25) is 9.59 Å². The number of hydrogen-bond donors (Lipinski definition) is 1. The minimum Gasteiger partial charge on any atom is -0.350 e. The molecule has 1 N–H and O–H groups in total. The van der Waals surface area contributed by atoms with Crippen LogP contribution in [0.15, 0.2) is 72.4 Å². The third-order valence-electron chi connectivity index (χ3n) is 5.25. The van der Waals surface area contributed by atoms with E-state index in [2.05, 4.69) is 12.2 Å². The number of hydrogen-bond acceptors (Lipinski definition) is 3. The van der Waals surface area contributed by atoms with Crippen molar-refractivity contribution in [3.8, 4) is 0 Å². The minimum absolute atomic E-state index is 0.228. The van der Waals surface area contributed by atoms with E-state index in [9.17, 15) is 9.59 Å². The molecule has 0 unspecified atom stereocenters. The number of anilines is 2. The van der Waals surface area contributed by atoms with E-state index >= 15 is 0 Å². The van der Waals surface area contributed by atoms with E-state index in [4.69, 9.17) is 23.2 Å². The summed E-state index contributed by atoms with van der Waals surface area (Å²) in [5.41, 5.74) is 4.30. The minimum atomic E-state index is -0.417. The standard InChI is InChI=1S/C25H20Cl2N2O2/c1-3-16-4-11-20(12-5-16)28-23-22(17-6-8-18(26)9-7-17)24(30)29(25(23)31)21-13-10-19(27)14-15(21)2/h4-14,28H,3H2,1-2H3. The summed E-state index contributed by atoms with van der Waals surface area (Å²) in [5.74, 6) is -0.814. The number of imide groups is 1. The van der Waals surface area contributed by atoms with Crippen LogP contribution in [0.1, 0.15) is 23.6 Å². The van der Waals surface area contributed by atoms with Crippen LogP contribution < -0.4 is 10.2 Å². The molecule has 1 heterocycles. The monoisotopic (exact) mass is 450 g/mol. The molecule has 0 aliphatic carbocycles. The first-order chi connectivity index (χ1) is 14.9. The average molecular weight is 451 g/mol. The van der Waals surface area contributed by atoms with Gasteiger partial charge in [0.1, 0.15) is 5.70 Å². The molecule has 31 heavy (non-hydrogen) atoms. The third kappa shape index (κ3) is 4.09. The molecule has 0 atom stereocenters. The summed E-state index contributed by atoms with van der Waals surface area (Å²) in [6, 6.07) is 19.8. The quantitative estimate of drug-likeness (QED) is 0.466. The van der Waals surface area contributed by atoms with Crippen LogP contribution in [0.2, 0.25) is 10.0 Å². The Morgan fingerprint density at radius 1 is 0.839 bits per heavy atom. The fraction of sp³-hybridized carbons (Fsp3) is 0.120. The van der Waals surface area contributed by atoms with E-state index in [-0.39, 0.29) is 5.70 Å². The van der Waals surface area contributed by atoms with Gasteiger partial charge in [0.2, 0.25) is 0 Å². The average Bonchev–Trinajstić information content (AvgIpc) is 2.99. The molecular formula is C25H20Cl2N2O2. The maximum atomic E-state index is 13.5. The summed E-state index contributed by atoms with van der Waals surface area (Å²) in [6.45, 7) is 3.90. The summed E-state index contributed by atoms with van der Waals surface area (Å²) < 4.78 is 0. The number of benzene rings is 3. The van der Waals surface area contributed by atoms with E-state index in [1.165, 1.54) is 10.5 Å². The molecule has 1 aliphatic rings. The molecule has 4 nitrogen and oxygen atoms in total. The molecular weight excluding hydrogens is 431 g/mol. The largest absolute Gasteiger partial charge is 0.350 e. The molecule has 0 saturated heterocycles. The SMILES string of the molecule is CCc1ccc(NC2=C(c3ccc(Cl)cc3)C(=O)N(c3ccc(Cl)cc3C)C2=O)cc1. The second-order valence-electron chi connectivity index (χ2n) is 7.31. The Morgan fingerprint density at radius 2 is 1.48 bits per heavy atom. The second kappa shape index (κ2) is 8.58. The Bertz CT molecular complexity index is 1200. The number of carbonyl (C=O) groups is 2. The normalized spacial score (nSPS) is 13.9. The maximum Gasteiger partial charge on any atom is 0.282 e. The van der Waals surface area contributed by atoms with Gasteiger partial charge in [-0.1, -0.05) is 54.4 Å². The van der Waals surface area contributed by atoms with Crippen LogP contribution in [0.25, 0.3) is 5.57 Å². The van der Waals surface area contributed by atoms with Gasteiger partial charge < -0.3 is 5.32 Å². The highest BCUT2D eigenvalue weighted by atomic mass is 35.5. The smallest absolute Gasteiger partial charge is 0.282 e. The lowest BCUT2D eigenvalue weighted by Gasteiger charge is -2.18. The van der Waals surface area contributed by atoms with Crippen LogP contribution >= 0.6 is 23.2 Å². The molecule has 6 heteroatoms. The van der Waals surface area contributed by atoms with Gasteiger partial charge in [-0.15, -0.1) is 0 Å². The van der Waals surface area contributed by atoms with E-state index in [1.54, 1.807) is 42.5 Å². The number of nitrogens with zero attached hydrogens (tertiary/aromatic N) is 1. The van der Waals surface area contributed by atoms with Gasteiger partial charge in [-0.2, -0.15) is 0 Å². The molecule has 156 valence electrons. The molecule has 0 bridgehead atoms. The number of amides is 2. The number of nitrogens with one attached hydrogen (secondary N) is 1. The highest BCUT2D eigenvalue weighted by Gasteiger charge is 2.40. The van der Waals surface area contributed by atoms with E-state index in [0.717, 1.165) is 17.7 Å². The molecule has 0 aromatic heterocycles. The Balaban J connectivity index is 1.81. The Hall–Kier alpha value is -3.08. The fourth-order valence-corrected chi connectivity index (χ4v) is 3.94. The molecule has 3 aromatic carbocycles. The van der Waals surface area contributed by atoms with Gasteiger partial charge in [0.05, 0.1) is 11.3 Å². The lowest BCUT2D eigenvalue weighted by Crippen LogP contribution is -2.33. The van der Waals surface area contributed by atoms with Gasteiger partial charge in [-0.05, 0) is 72.5 Å². The lowest BCUT2D eigenvalue weighted by atomic mass is 10.0. The first-order valence-electron chi connectivity index (χ1n) is 9.90. The van der Waals surface area contributed by atoms with Crippen molar-refractivity contribution in [2.24, 2.45) is 0 Å². The highest BCUT2D eigenvalue weighted by molar-refractivity contribution is 6.46. The van der Waals surface area contributed by atoms with E-state index in [1.807, 2.05) is 31.2 Å².